The molecule has 1 atom stereocenters. The van der Waals surface area contributed by atoms with Crippen molar-refractivity contribution >= 4 is 16.5 Å². The Morgan fingerprint density at radius 2 is 1.88 bits per heavy atom. The molecule has 4 heteroatoms. The second-order valence-corrected chi connectivity index (χ2v) is 5.03. The Labute approximate surface area is 102 Å². The molecule has 0 spiro atoms. The third-order valence-electron chi connectivity index (χ3n) is 2.50. The van der Waals surface area contributed by atoms with Crippen molar-refractivity contribution < 1.29 is 8.60 Å². The van der Waals surface area contributed by atoms with E-state index in [-0.39, 0.29) is 5.69 Å². The first-order valence-corrected chi connectivity index (χ1v) is 6.63. The smallest absolute Gasteiger partial charge is 0.146 e. The highest BCUT2D eigenvalue weighted by Gasteiger charge is 2.08. The van der Waals surface area contributed by atoms with Crippen LogP contribution in [0.1, 0.15) is 0 Å². The number of benzene rings is 2. The van der Waals surface area contributed by atoms with Crippen LogP contribution in [0.2, 0.25) is 0 Å². The molecule has 0 aliphatic heterocycles. The normalized spacial score (nSPS) is 12.4. The highest BCUT2D eigenvalue weighted by atomic mass is 32.2. The van der Waals surface area contributed by atoms with Crippen molar-refractivity contribution in [1.29, 1.82) is 0 Å². The third kappa shape index (κ3) is 2.36. The van der Waals surface area contributed by atoms with Gasteiger partial charge in [-0.3, -0.25) is 4.21 Å². The van der Waals surface area contributed by atoms with Gasteiger partial charge in [-0.1, -0.05) is 24.3 Å². The van der Waals surface area contributed by atoms with Crippen LogP contribution in [-0.4, -0.2) is 10.5 Å². The Morgan fingerprint density at radius 3 is 2.53 bits per heavy atom. The molecule has 0 radical (unpaired) electrons. The van der Waals surface area contributed by atoms with E-state index in [4.69, 9.17) is 5.73 Å². The van der Waals surface area contributed by atoms with Crippen LogP contribution in [0.15, 0.2) is 47.4 Å². The molecule has 2 rings (SSSR count). The number of hydrogen-bond acceptors (Lipinski definition) is 2. The molecule has 0 fully saturated rings. The molecule has 2 nitrogen and oxygen atoms in total. The van der Waals surface area contributed by atoms with Crippen molar-refractivity contribution in [2.24, 2.45) is 0 Å². The average Bonchev–Trinajstić information content (AvgIpc) is 2.32. The predicted molar refractivity (Wildman–Crippen MR) is 68.6 cm³/mol. The van der Waals surface area contributed by atoms with E-state index >= 15 is 0 Å². The summed E-state index contributed by atoms with van der Waals surface area (Å²) >= 11 is 0. The molecule has 0 aromatic heterocycles. The van der Waals surface area contributed by atoms with Crippen LogP contribution in [0, 0.1) is 5.82 Å². The molecule has 0 aliphatic rings. The van der Waals surface area contributed by atoms with Gasteiger partial charge in [0.2, 0.25) is 0 Å². The van der Waals surface area contributed by atoms with Gasteiger partial charge in [0.1, 0.15) is 5.82 Å². The highest BCUT2D eigenvalue weighted by Crippen LogP contribution is 2.28. The number of halogens is 1. The Balaban J connectivity index is 2.60. The zero-order valence-electron chi connectivity index (χ0n) is 9.31. The lowest BCUT2D eigenvalue weighted by atomic mass is 10.1. The summed E-state index contributed by atoms with van der Waals surface area (Å²) < 4.78 is 24.7. The van der Waals surface area contributed by atoms with Crippen LogP contribution < -0.4 is 5.73 Å². The van der Waals surface area contributed by atoms with Gasteiger partial charge in [0.05, 0.1) is 16.5 Å². The van der Waals surface area contributed by atoms with Gasteiger partial charge in [0.15, 0.2) is 0 Å². The molecule has 2 aromatic carbocycles. The topological polar surface area (TPSA) is 43.1 Å². The fraction of sp³-hybridized carbons (Fsp3) is 0.0769. The molecule has 2 aromatic rings. The van der Waals surface area contributed by atoms with E-state index in [2.05, 4.69) is 0 Å². The summed E-state index contributed by atoms with van der Waals surface area (Å²) in [6.07, 6.45) is 1.62. The van der Waals surface area contributed by atoms with E-state index in [1.165, 1.54) is 6.07 Å². The predicted octanol–water partition coefficient (Wildman–Crippen LogP) is 2.81. The summed E-state index contributed by atoms with van der Waals surface area (Å²) in [7, 11) is -1.09. The van der Waals surface area contributed by atoms with E-state index in [9.17, 15) is 8.60 Å². The van der Waals surface area contributed by atoms with E-state index in [0.29, 0.717) is 0 Å². The van der Waals surface area contributed by atoms with Crippen molar-refractivity contribution in [3.63, 3.8) is 0 Å². The van der Waals surface area contributed by atoms with Crippen LogP contribution in [0.3, 0.4) is 0 Å². The van der Waals surface area contributed by atoms with Crippen LogP contribution in [0.5, 0.6) is 0 Å². The van der Waals surface area contributed by atoms with Crippen LogP contribution in [0.25, 0.3) is 11.1 Å². The molecule has 0 heterocycles. The lowest BCUT2D eigenvalue weighted by molar-refractivity contribution is 0.632. The summed E-state index contributed by atoms with van der Waals surface area (Å²) in [4.78, 5) is 0.721. The van der Waals surface area contributed by atoms with Crippen molar-refractivity contribution in [3.8, 4) is 11.1 Å². The summed E-state index contributed by atoms with van der Waals surface area (Å²) in [6, 6.07) is 11.8. The quantitative estimate of drug-likeness (QED) is 0.832. The number of nitrogen functional groups attached to an aromatic ring is 1. The summed E-state index contributed by atoms with van der Waals surface area (Å²) in [5.74, 6) is -0.441. The molecule has 0 bridgehead atoms. The molecule has 88 valence electrons. The Kier molecular flexibility index (Phi) is 3.24. The zero-order chi connectivity index (χ0) is 12.4. The summed E-state index contributed by atoms with van der Waals surface area (Å²) in [6.45, 7) is 0. The van der Waals surface area contributed by atoms with Crippen LogP contribution in [-0.2, 0) is 10.8 Å². The maximum absolute atomic E-state index is 13.1. The average molecular weight is 249 g/mol. The second kappa shape index (κ2) is 4.67. The lowest BCUT2D eigenvalue weighted by Gasteiger charge is -2.08. The molecular formula is C13H12FNOS. The van der Waals surface area contributed by atoms with Gasteiger partial charge in [0, 0.05) is 11.2 Å². The third-order valence-corrected chi connectivity index (χ3v) is 3.48. The van der Waals surface area contributed by atoms with E-state index < -0.39 is 16.6 Å². The number of nitrogens with two attached hydrogens (primary N) is 1. The van der Waals surface area contributed by atoms with Gasteiger partial charge in [-0.2, -0.15) is 0 Å². The molecule has 2 N–H and O–H groups in total. The fourth-order valence-electron chi connectivity index (χ4n) is 1.67. The summed E-state index contributed by atoms with van der Waals surface area (Å²) in [5.41, 5.74) is 7.22. The molecule has 0 aliphatic carbocycles. The van der Waals surface area contributed by atoms with E-state index in [1.54, 1.807) is 24.5 Å². The first kappa shape index (κ1) is 11.8. The van der Waals surface area contributed by atoms with Crippen molar-refractivity contribution in [3.05, 3.63) is 48.3 Å². The van der Waals surface area contributed by atoms with Gasteiger partial charge >= 0.3 is 0 Å². The largest absolute Gasteiger partial charge is 0.396 e. The van der Waals surface area contributed by atoms with Crippen molar-refractivity contribution in [2.45, 2.75) is 4.90 Å². The van der Waals surface area contributed by atoms with E-state index in [1.807, 2.05) is 18.2 Å². The summed E-state index contributed by atoms with van der Waals surface area (Å²) in [5, 5.41) is 0. The van der Waals surface area contributed by atoms with Gasteiger partial charge in [-0.15, -0.1) is 0 Å². The molecule has 0 saturated carbocycles. The monoisotopic (exact) mass is 249 g/mol. The minimum atomic E-state index is -1.09. The first-order chi connectivity index (χ1) is 8.09. The Hall–Kier alpha value is -1.68. The van der Waals surface area contributed by atoms with Crippen molar-refractivity contribution in [2.75, 3.05) is 12.0 Å². The number of rotatable bonds is 2. The molecule has 17 heavy (non-hydrogen) atoms. The van der Waals surface area contributed by atoms with Crippen molar-refractivity contribution in [1.82, 2.24) is 0 Å². The van der Waals surface area contributed by atoms with Crippen LogP contribution >= 0.6 is 0 Å². The molecular weight excluding hydrogens is 237 g/mol. The number of anilines is 1. The minimum Gasteiger partial charge on any atom is -0.396 e. The Morgan fingerprint density at radius 1 is 1.18 bits per heavy atom. The van der Waals surface area contributed by atoms with E-state index in [0.717, 1.165) is 16.0 Å². The standard InChI is InChI=1S/C13H12FNOS/c1-17(16)13-5-3-2-4-10(13)9-6-7-11(14)12(15)8-9/h2-8H,15H2,1H3. The van der Waals surface area contributed by atoms with Crippen LogP contribution in [0.4, 0.5) is 10.1 Å². The maximum atomic E-state index is 13.1. The first-order valence-electron chi connectivity index (χ1n) is 5.07. The zero-order valence-corrected chi connectivity index (χ0v) is 10.1. The lowest BCUT2D eigenvalue weighted by Crippen LogP contribution is -1.94. The van der Waals surface area contributed by atoms with Gasteiger partial charge in [-0.25, -0.2) is 4.39 Å². The molecule has 0 saturated heterocycles. The SMILES string of the molecule is CS(=O)c1ccccc1-c1ccc(F)c(N)c1. The highest BCUT2D eigenvalue weighted by molar-refractivity contribution is 7.84. The maximum Gasteiger partial charge on any atom is 0.146 e. The van der Waals surface area contributed by atoms with Gasteiger partial charge in [-0.05, 0) is 29.3 Å². The van der Waals surface area contributed by atoms with Gasteiger partial charge in [0.25, 0.3) is 0 Å². The Bertz CT molecular complexity index is 583. The van der Waals surface area contributed by atoms with Gasteiger partial charge < -0.3 is 5.73 Å². The second-order valence-electron chi connectivity index (χ2n) is 3.69. The fourth-order valence-corrected chi connectivity index (χ4v) is 2.43. The minimum absolute atomic E-state index is 0.0965. The number of hydrogen-bond donors (Lipinski definition) is 1. The molecule has 0 amide bonds. The molecule has 1 unspecified atom stereocenters.